The van der Waals surface area contributed by atoms with Crippen molar-refractivity contribution < 1.29 is 13.9 Å². The molecule has 0 spiro atoms. The first-order chi connectivity index (χ1) is 11.0. The number of hydrogen-bond acceptors (Lipinski definition) is 6. The second-order valence-corrected chi connectivity index (χ2v) is 5.96. The molecule has 0 unspecified atom stereocenters. The summed E-state index contributed by atoms with van der Waals surface area (Å²) in [7, 11) is 0. The summed E-state index contributed by atoms with van der Waals surface area (Å²) in [6.45, 7) is 3.87. The topological polar surface area (TPSA) is 95.1 Å². The van der Waals surface area contributed by atoms with E-state index in [1.54, 1.807) is 0 Å². The van der Waals surface area contributed by atoms with Gasteiger partial charge in [-0.05, 0) is 38.1 Å². The summed E-state index contributed by atoms with van der Waals surface area (Å²) in [5.41, 5.74) is 0. The summed E-state index contributed by atoms with van der Waals surface area (Å²) >= 11 is 1.19. The van der Waals surface area contributed by atoms with E-state index in [1.807, 2.05) is 13.8 Å². The summed E-state index contributed by atoms with van der Waals surface area (Å²) in [5, 5.41) is 11.0. The molecule has 0 radical (unpaired) electrons. The molecule has 0 bridgehead atoms. The van der Waals surface area contributed by atoms with Crippen molar-refractivity contribution in [2.24, 2.45) is 0 Å². The van der Waals surface area contributed by atoms with Crippen molar-refractivity contribution in [3.05, 3.63) is 35.9 Å². The van der Waals surface area contributed by atoms with Crippen molar-refractivity contribution in [2.75, 3.05) is 11.6 Å². The maximum atomic E-state index is 12.8. The minimum Gasteiger partial charge on any atom is -0.486 e. The maximum Gasteiger partial charge on any atom is 0.230 e. The third-order valence-electron chi connectivity index (χ3n) is 2.70. The zero-order valence-electron chi connectivity index (χ0n) is 12.8. The van der Waals surface area contributed by atoms with Gasteiger partial charge in [-0.3, -0.25) is 4.79 Å². The van der Waals surface area contributed by atoms with Crippen LogP contribution in [0.25, 0.3) is 0 Å². The van der Waals surface area contributed by atoms with Crippen LogP contribution in [0.3, 0.4) is 0 Å². The molecular formula is C14H18FN5O2S. The Morgan fingerprint density at radius 1 is 1.39 bits per heavy atom. The fraction of sp³-hybridized carbons (Fsp3) is 0.357. The zero-order chi connectivity index (χ0) is 16.8. The molecule has 9 heteroatoms. The number of halogens is 1. The number of nitrogens with zero attached hydrogens (tertiary/aromatic N) is 3. The highest BCUT2D eigenvalue weighted by molar-refractivity contribution is 7.99. The number of nitrogens with two attached hydrogens (primary N) is 1. The van der Waals surface area contributed by atoms with E-state index in [-0.39, 0.29) is 30.1 Å². The van der Waals surface area contributed by atoms with Crippen LogP contribution in [0.5, 0.6) is 5.75 Å². The lowest BCUT2D eigenvalue weighted by molar-refractivity contribution is -0.119. The Labute approximate surface area is 137 Å². The molecule has 2 rings (SSSR count). The first kappa shape index (κ1) is 17.1. The number of hydrogen-bond donors (Lipinski definition) is 2. The summed E-state index contributed by atoms with van der Waals surface area (Å²) < 4.78 is 19.5. The lowest BCUT2D eigenvalue weighted by Crippen LogP contribution is -2.31. The summed E-state index contributed by atoms with van der Waals surface area (Å²) in [4.78, 5) is 11.6. The molecule has 1 heterocycles. The average Bonchev–Trinajstić information content (AvgIpc) is 2.84. The van der Waals surface area contributed by atoms with Gasteiger partial charge in [-0.15, -0.1) is 10.2 Å². The number of nitrogens with one attached hydrogen (secondary N) is 1. The number of aromatic nitrogens is 3. The smallest absolute Gasteiger partial charge is 0.230 e. The zero-order valence-corrected chi connectivity index (χ0v) is 13.6. The number of amides is 1. The van der Waals surface area contributed by atoms with Gasteiger partial charge in [0.2, 0.25) is 11.1 Å². The van der Waals surface area contributed by atoms with Crippen LogP contribution < -0.4 is 15.9 Å². The molecule has 0 saturated heterocycles. The van der Waals surface area contributed by atoms with E-state index in [0.29, 0.717) is 16.7 Å². The van der Waals surface area contributed by atoms with Gasteiger partial charge >= 0.3 is 0 Å². The largest absolute Gasteiger partial charge is 0.486 e. The van der Waals surface area contributed by atoms with E-state index >= 15 is 0 Å². The first-order valence-electron chi connectivity index (χ1n) is 6.95. The molecule has 0 aliphatic carbocycles. The van der Waals surface area contributed by atoms with E-state index in [0.717, 1.165) is 0 Å². The Kier molecular flexibility index (Phi) is 5.80. The highest BCUT2D eigenvalue weighted by Crippen LogP contribution is 2.16. The standard InChI is InChI=1S/C14H18FN5O2S/c1-9(2)17-13(21)8-23-14-19-18-12(20(14)16)7-22-11-5-3-10(15)4-6-11/h3-6,9H,7-8,16H2,1-2H3,(H,17,21). The first-order valence-corrected chi connectivity index (χ1v) is 7.94. The molecule has 124 valence electrons. The monoisotopic (exact) mass is 339 g/mol. The molecule has 23 heavy (non-hydrogen) atoms. The fourth-order valence-corrected chi connectivity index (χ4v) is 2.36. The lowest BCUT2D eigenvalue weighted by atomic mass is 10.3. The van der Waals surface area contributed by atoms with Crippen molar-refractivity contribution in [1.82, 2.24) is 20.2 Å². The van der Waals surface area contributed by atoms with Gasteiger partial charge in [-0.2, -0.15) is 0 Å². The van der Waals surface area contributed by atoms with Gasteiger partial charge in [0.15, 0.2) is 5.82 Å². The molecule has 7 nitrogen and oxygen atoms in total. The number of nitrogen functional groups attached to an aromatic ring is 1. The quantitative estimate of drug-likeness (QED) is 0.584. The SMILES string of the molecule is CC(C)NC(=O)CSc1nnc(COc2ccc(F)cc2)n1N. The van der Waals surface area contributed by atoms with E-state index in [1.165, 1.54) is 40.7 Å². The minimum atomic E-state index is -0.335. The van der Waals surface area contributed by atoms with E-state index in [4.69, 9.17) is 10.6 Å². The molecular weight excluding hydrogens is 321 g/mol. The lowest BCUT2D eigenvalue weighted by Gasteiger charge is -2.08. The third kappa shape index (κ3) is 5.13. The van der Waals surface area contributed by atoms with Crippen molar-refractivity contribution in [3.63, 3.8) is 0 Å². The van der Waals surface area contributed by atoms with Gasteiger partial charge in [0, 0.05) is 6.04 Å². The number of ether oxygens (including phenoxy) is 1. The molecule has 0 fully saturated rings. The van der Waals surface area contributed by atoms with E-state index in [2.05, 4.69) is 15.5 Å². The van der Waals surface area contributed by atoms with Gasteiger partial charge < -0.3 is 15.9 Å². The Hall–Kier alpha value is -2.29. The third-order valence-corrected chi connectivity index (χ3v) is 3.64. The van der Waals surface area contributed by atoms with Crippen LogP contribution in [-0.2, 0) is 11.4 Å². The molecule has 0 saturated carbocycles. The van der Waals surface area contributed by atoms with Crippen molar-refractivity contribution >= 4 is 17.7 Å². The molecule has 0 aliphatic heterocycles. The highest BCUT2D eigenvalue weighted by atomic mass is 32.2. The van der Waals surface area contributed by atoms with E-state index in [9.17, 15) is 9.18 Å². The van der Waals surface area contributed by atoms with Crippen LogP contribution in [0, 0.1) is 5.82 Å². The minimum absolute atomic E-state index is 0.0820. The number of rotatable bonds is 7. The summed E-state index contributed by atoms with van der Waals surface area (Å²) in [6, 6.07) is 5.71. The van der Waals surface area contributed by atoms with Crippen molar-refractivity contribution in [1.29, 1.82) is 0 Å². The van der Waals surface area contributed by atoms with Crippen LogP contribution in [0.15, 0.2) is 29.4 Å². The van der Waals surface area contributed by atoms with Crippen LogP contribution in [0.4, 0.5) is 4.39 Å². The van der Waals surface area contributed by atoms with E-state index < -0.39 is 0 Å². The predicted molar refractivity (Wildman–Crippen MR) is 84.9 cm³/mol. The van der Waals surface area contributed by atoms with Gasteiger partial charge in [0.05, 0.1) is 5.75 Å². The average molecular weight is 339 g/mol. The second-order valence-electron chi connectivity index (χ2n) is 5.02. The Morgan fingerprint density at radius 3 is 2.74 bits per heavy atom. The molecule has 2 aromatic rings. The normalized spacial score (nSPS) is 10.8. The van der Waals surface area contributed by atoms with Gasteiger partial charge in [0.1, 0.15) is 18.2 Å². The molecule has 3 N–H and O–H groups in total. The second kappa shape index (κ2) is 7.82. The fourth-order valence-electron chi connectivity index (χ4n) is 1.68. The Bertz CT molecular complexity index is 660. The van der Waals surface area contributed by atoms with Crippen LogP contribution in [0.1, 0.15) is 19.7 Å². The Morgan fingerprint density at radius 2 is 2.09 bits per heavy atom. The van der Waals surface area contributed by atoms with Crippen LogP contribution in [-0.4, -0.2) is 32.6 Å². The van der Waals surface area contributed by atoms with Gasteiger partial charge in [-0.1, -0.05) is 11.8 Å². The summed E-state index contributed by atoms with van der Waals surface area (Å²) in [6.07, 6.45) is 0. The Balaban J connectivity index is 1.88. The summed E-state index contributed by atoms with van der Waals surface area (Å²) in [5.74, 6) is 6.55. The van der Waals surface area contributed by atoms with Gasteiger partial charge in [0.25, 0.3) is 0 Å². The number of benzene rings is 1. The van der Waals surface area contributed by atoms with Crippen LogP contribution in [0.2, 0.25) is 0 Å². The molecule has 0 atom stereocenters. The highest BCUT2D eigenvalue weighted by Gasteiger charge is 2.13. The predicted octanol–water partition coefficient (Wildman–Crippen LogP) is 1.33. The maximum absolute atomic E-state index is 12.8. The molecule has 1 aromatic carbocycles. The molecule has 0 aliphatic rings. The number of thioether (sulfide) groups is 1. The van der Waals surface area contributed by atoms with Crippen LogP contribution >= 0.6 is 11.8 Å². The number of carbonyl (C=O) groups excluding carboxylic acids is 1. The van der Waals surface area contributed by atoms with Crippen molar-refractivity contribution in [3.8, 4) is 5.75 Å². The molecule has 1 aromatic heterocycles. The molecule has 1 amide bonds. The van der Waals surface area contributed by atoms with Gasteiger partial charge in [-0.25, -0.2) is 9.07 Å². The van der Waals surface area contributed by atoms with Crippen molar-refractivity contribution in [2.45, 2.75) is 31.7 Å². The number of carbonyl (C=O) groups is 1.